The maximum atomic E-state index is 11.9. The van der Waals surface area contributed by atoms with Crippen LogP contribution >= 0.6 is 0 Å². The number of pyridine rings is 1. The van der Waals surface area contributed by atoms with Gasteiger partial charge in [-0.15, -0.1) is 6.42 Å². The van der Waals surface area contributed by atoms with E-state index in [0.29, 0.717) is 17.3 Å². The van der Waals surface area contributed by atoms with E-state index in [0.717, 1.165) is 25.2 Å². The van der Waals surface area contributed by atoms with Gasteiger partial charge in [0.1, 0.15) is 5.82 Å². The zero-order valence-corrected chi connectivity index (χ0v) is 14.4. The third kappa shape index (κ3) is 3.63. The summed E-state index contributed by atoms with van der Waals surface area (Å²) in [4.78, 5) is 23.0. The van der Waals surface area contributed by atoms with Crippen molar-refractivity contribution >= 4 is 11.7 Å². The SMILES string of the molecule is C#CCNC(=O)c1ccc(N2CCCC2c2noc(C(C)C)n2)nc1. The molecule has 1 unspecified atom stereocenters. The smallest absolute Gasteiger partial charge is 0.253 e. The largest absolute Gasteiger partial charge is 0.346 e. The zero-order valence-electron chi connectivity index (χ0n) is 14.4. The molecular weight excluding hydrogens is 318 g/mol. The Labute approximate surface area is 146 Å². The van der Waals surface area contributed by atoms with E-state index in [1.807, 2.05) is 19.9 Å². The van der Waals surface area contributed by atoms with Crippen molar-refractivity contribution in [2.24, 2.45) is 0 Å². The molecule has 1 saturated heterocycles. The van der Waals surface area contributed by atoms with Crippen LogP contribution in [-0.2, 0) is 0 Å². The summed E-state index contributed by atoms with van der Waals surface area (Å²) in [6, 6.07) is 3.64. The van der Waals surface area contributed by atoms with Gasteiger partial charge < -0.3 is 14.7 Å². The number of anilines is 1. The third-order valence-electron chi connectivity index (χ3n) is 4.16. The highest BCUT2D eigenvalue weighted by Crippen LogP contribution is 2.34. The summed E-state index contributed by atoms with van der Waals surface area (Å²) in [7, 11) is 0. The lowest BCUT2D eigenvalue weighted by Crippen LogP contribution is -2.26. The monoisotopic (exact) mass is 339 g/mol. The molecule has 3 rings (SSSR count). The molecule has 2 aromatic heterocycles. The van der Waals surface area contributed by atoms with Crippen molar-refractivity contribution < 1.29 is 9.32 Å². The van der Waals surface area contributed by atoms with Crippen molar-refractivity contribution in [3.05, 3.63) is 35.6 Å². The molecule has 7 nitrogen and oxygen atoms in total. The Balaban J connectivity index is 1.76. The van der Waals surface area contributed by atoms with Gasteiger partial charge in [0.15, 0.2) is 5.82 Å². The molecule has 2 aromatic rings. The topological polar surface area (TPSA) is 84.2 Å². The highest BCUT2D eigenvalue weighted by atomic mass is 16.5. The fraction of sp³-hybridized carbons (Fsp3) is 0.444. The molecule has 1 amide bonds. The normalized spacial score (nSPS) is 16.9. The van der Waals surface area contributed by atoms with Gasteiger partial charge in [0.2, 0.25) is 5.89 Å². The molecule has 1 aliphatic heterocycles. The molecule has 25 heavy (non-hydrogen) atoms. The van der Waals surface area contributed by atoms with Gasteiger partial charge in [0, 0.05) is 18.7 Å². The average molecular weight is 339 g/mol. The van der Waals surface area contributed by atoms with Gasteiger partial charge in [-0.1, -0.05) is 24.9 Å². The van der Waals surface area contributed by atoms with E-state index >= 15 is 0 Å². The summed E-state index contributed by atoms with van der Waals surface area (Å²) in [5, 5.41) is 6.76. The first-order valence-electron chi connectivity index (χ1n) is 8.38. The van der Waals surface area contributed by atoms with Gasteiger partial charge in [-0.25, -0.2) is 4.98 Å². The number of nitrogens with one attached hydrogen (secondary N) is 1. The van der Waals surface area contributed by atoms with Crippen LogP contribution in [0.4, 0.5) is 5.82 Å². The lowest BCUT2D eigenvalue weighted by Gasteiger charge is -2.23. The average Bonchev–Trinajstić information content (AvgIpc) is 3.28. The summed E-state index contributed by atoms with van der Waals surface area (Å²) in [5.74, 6) is 4.49. The highest BCUT2D eigenvalue weighted by molar-refractivity contribution is 5.94. The molecular formula is C18H21N5O2. The number of hydrogen-bond donors (Lipinski definition) is 1. The van der Waals surface area contributed by atoms with Gasteiger partial charge in [0.05, 0.1) is 18.2 Å². The summed E-state index contributed by atoms with van der Waals surface area (Å²) < 4.78 is 5.33. The Morgan fingerprint density at radius 3 is 3.00 bits per heavy atom. The lowest BCUT2D eigenvalue weighted by molar-refractivity contribution is 0.0958. The molecule has 130 valence electrons. The Morgan fingerprint density at radius 1 is 1.52 bits per heavy atom. The number of rotatable bonds is 5. The fourth-order valence-electron chi connectivity index (χ4n) is 2.85. The minimum absolute atomic E-state index is 0.0462. The standard InChI is InChI=1S/C18H21N5O2/c1-4-9-19-17(24)13-7-8-15(20-11-13)23-10-5-6-14(23)16-21-18(12(2)3)25-22-16/h1,7-8,11-12,14H,5-6,9-10H2,2-3H3,(H,19,24). The second-order valence-electron chi connectivity index (χ2n) is 6.29. The molecule has 1 N–H and O–H groups in total. The van der Waals surface area contributed by atoms with Crippen LogP contribution < -0.4 is 10.2 Å². The lowest BCUT2D eigenvalue weighted by atomic mass is 10.2. The molecule has 0 radical (unpaired) electrons. The maximum Gasteiger partial charge on any atom is 0.253 e. The number of aromatic nitrogens is 3. The molecule has 1 fully saturated rings. The van der Waals surface area contributed by atoms with E-state index in [4.69, 9.17) is 10.9 Å². The van der Waals surface area contributed by atoms with Crippen LogP contribution in [0.15, 0.2) is 22.9 Å². The minimum Gasteiger partial charge on any atom is -0.346 e. The molecule has 7 heteroatoms. The summed E-state index contributed by atoms with van der Waals surface area (Å²) in [6.07, 6.45) is 8.69. The summed E-state index contributed by atoms with van der Waals surface area (Å²) >= 11 is 0. The van der Waals surface area contributed by atoms with E-state index in [1.54, 1.807) is 12.3 Å². The second-order valence-corrected chi connectivity index (χ2v) is 6.29. The first kappa shape index (κ1) is 17.0. The van der Waals surface area contributed by atoms with Crippen LogP contribution in [0.5, 0.6) is 0 Å². The molecule has 1 atom stereocenters. The highest BCUT2D eigenvalue weighted by Gasteiger charge is 2.31. The van der Waals surface area contributed by atoms with E-state index in [9.17, 15) is 4.79 Å². The van der Waals surface area contributed by atoms with Crippen LogP contribution in [0.25, 0.3) is 0 Å². The fourth-order valence-corrected chi connectivity index (χ4v) is 2.85. The minimum atomic E-state index is -0.227. The number of hydrogen-bond acceptors (Lipinski definition) is 6. The van der Waals surface area contributed by atoms with Crippen molar-refractivity contribution in [1.29, 1.82) is 0 Å². The Morgan fingerprint density at radius 2 is 2.36 bits per heavy atom. The van der Waals surface area contributed by atoms with Crippen LogP contribution in [0.1, 0.15) is 60.7 Å². The van der Waals surface area contributed by atoms with Gasteiger partial charge in [-0.2, -0.15) is 4.98 Å². The Bertz CT molecular complexity index is 776. The molecule has 0 aliphatic carbocycles. The van der Waals surface area contributed by atoms with Crippen molar-refractivity contribution in [1.82, 2.24) is 20.4 Å². The molecule has 1 aliphatic rings. The van der Waals surface area contributed by atoms with Gasteiger partial charge >= 0.3 is 0 Å². The zero-order chi connectivity index (χ0) is 17.8. The predicted molar refractivity (Wildman–Crippen MR) is 93.1 cm³/mol. The maximum absolute atomic E-state index is 11.9. The predicted octanol–water partition coefficient (Wildman–Crippen LogP) is 2.29. The number of nitrogens with zero attached hydrogens (tertiary/aromatic N) is 4. The number of terminal acetylenes is 1. The van der Waals surface area contributed by atoms with E-state index in [1.165, 1.54) is 0 Å². The first-order valence-corrected chi connectivity index (χ1v) is 8.38. The van der Waals surface area contributed by atoms with Crippen molar-refractivity contribution in [3.8, 4) is 12.3 Å². The van der Waals surface area contributed by atoms with E-state index in [2.05, 4.69) is 31.3 Å². The van der Waals surface area contributed by atoms with Gasteiger partial charge in [0.25, 0.3) is 5.91 Å². The number of carbonyl (C=O) groups is 1. The summed E-state index contributed by atoms with van der Waals surface area (Å²) in [6.45, 7) is 5.11. The number of amides is 1. The first-order chi connectivity index (χ1) is 12.1. The number of carbonyl (C=O) groups excluding carboxylic acids is 1. The molecule has 0 aromatic carbocycles. The van der Waals surface area contributed by atoms with Crippen molar-refractivity contribution in [2.75, 3.05) is 18.0 Å². The third-order valence-corrected chi connectivity index (χ3v) is 4.16. The Hall–Kier alpha value is -2.88. The second kappa shape index (κ2) is 7.34. The quantitative estimate of drug-likeness (QED) is 0.842. The van der Waals surface area contributed by atoms with Crippen LogP contribution in [-0.4, -0.2) is 34.1 Å². The molecule has 3 heterocycles. The molecule has 0 spiro atoms. The van der Waals surface area contributed by atoms with E-state index in [-0.39, 0.29) is 24.4 Å². The van der Waals surface area contributed by atoms with E-state index < -0.39 is 0 Å². The summed E-state index contributed by atoms with van der Waals surface area (Å²) in [5.41, 5.74) is 0.483. The van der Waals surface area contributed by atoms with Crippen LogP contribution in [0.2, 0.25) is 0 Å². The van der Waals surface area contributed by atoms with Crippen LogP contribution in [0.3, 0.4) is 0 Å². The van der Waals surface area contributed by atoms with Crippen molar-refractivity contribution in [3.63, 3.8) is 0 Å². The Kier molecular flexibility index (Phi) is 4.98. The molecule has 0 saturated carbocycles. The van der Waals surface area contributed by atoms with Gasteiger partial charge in [-0.05, 0) is 25.0 Å². The van der Waals surface area contributed by atoms with Crippen LogP contribution in [0, 0.1) is 12.3 Å². The molecule has 0 bridgehead atoms. The van der Waals surface area contributed by atoms with Gasteiger partial charge in [-0.3, -0.25) is 4.79 Å². The van der Waals surface area contributed by atoms with Crippen molar-refractivity contribution in [2.45, 2.75) is 38.6 Å².